The van der Waals surface area contributed by atoms with Crippen molar-refractivity contribution in [2.75, 3.05) is 21.0 Å². The first-order chi connectivity index (χ1) is 9.05. The Morgan fingerprint density at radius 1 is 1.21 bits per heavy atom. The van der Waals surface area contributed by atoms with Crippen molar-refractivity contribution >= 4 is 14.8 Å². The largest absolute Gasteiger partial charge is 0.506 e. The standard InChI is InChI=1S/C13H24O5Si/c1-11(2)13(14)17-10-18-19(15-3,16-4)12-8-6-5-7-9-12/h12H,1,5-10H2,2-4H3. The molecule has 0 radical (unpaired) electrons. The highest BCUT2D eigenvalue weighted by molar-refractivity contribution is 6.62. The van der Waals surface area contributed by atoms with E-state index in [9.17, 15) is 4.79 Å². The first-order valence-corrected chi connectivity index (χ1v) is 8.43. The van der Waals surface area contributed by atoms with E-state index in [1.807, 2.05) is 0 Å². The second kappa shape index (κ2) is 7.79. The fourth-order valence-corrected chi connectivity index (χ4v) is 5.04. The molecule has 1 fully saturated rings. The summed E-state index contributed by atoms with van der Waals surface area (Å²) in [4.78, 5) is 11.3. The van der Waals surface area contributed by atoms with Crippen LogP contribution in [0, 0.1) is 0 Å². The molecule has 0 aliphatic heterocycles. The minimum atomic E-state index is -2.75. The molecular weight excluding hydrogens is 264 g/mol. The van der Waals surface area contributed by atoms with Crippen LogP contribution in [0.3, 0.4) is 0 Å². The third-order valence-corrected chi connectivity index (χ3v) is 6.71. The highest BCUT2D eigenvalue weighted by Crippen LogP contribution is 2.38. The Labute approximate surface area is 116 Å². The number of esters is 1. The lowest BCUT2D eigenvalue weighted by molar-refractivity contribution is -0.148. The molecule has 0 amide bonds. The average molecular weight is 288 g/mol. The zero-order valence-electron chi connectivity index (χ0n) is 12.1. The minimum Gasteiger partial charge on any atom is -0.436 e. The summed E-state index contributed by atoms with van der Waals surface area (Å²) in [5, 5.41) is 0. The van der Waals surface area contributed by atoms with Crippen LogP contribution in [-0.2, 0) is 22.8 Å². The molecule has 0 atom stereocenters. The second-order valence-electron chi connectivity index (χ2n) is 4.82. The maximum atomic E-state index is 11.3. The van der Waals surface area contributed by atoms with Crippen LogP contribution in [0.25, 0.3) is 0 Å². The monoisotopic (exact) mass is 288 g/mol. The molecule has 19 heavy (non-hydrogen) atoms. The molecule has 1 aliphatic carbocycles. The molecule has 0 N–H and O–H groups in total. The van der Waals surface area contributed by atoms with Gasteiger partial charge in [0.25, 0.3) is 0 Å². The zero-order chi connectivity index (χ0) is 14.3. The summed E-state index contributed by atoms with van der Waals surface area (Å²) in [6.07, 6.45) is 5.67. The SMILES string of the molecule is C=C(C)C(=O)OCO[Si](OC)(OC)C1CCCCC1. The van der Waals surface area contributed by atoms with Gasteiger partial charge in [0, 0.05) is 25.3 Å². The number of carbonyl (C=O) groups is 1. The highest BCUT2D eigenvalue weighted by atomic mass is 28.4. The molecule has 0 bridgehead atoms. The Morgan fingerprint density at radius 3 is 2.26 bits per heavy atom. The van der Waals surface area contributed by atoms with Crippen molar-refractivity contribution in [1.82, 2.24) is 0 Å². The van der Waals surface area contributed by atoms with Crippen molar-refractivity contribution in [2.45, 2.75) is 44.6 Å². The molecule has 6 heteroatoms. The second-order valence-corrected chi connectivity index (χ2v) is 7.95. The number of hydrogen-bond acceptors (Lipinski definition) is 5. The van der Waals surface area contributed by atoms with Gasteiger partial charge in [-0.15, -0.1) is 0 Å². The average Bonchev–Trinajstić information content (AvgIpc) is 2.44. The summed E-state index contributed by atoms with van der Waals surface area (Å²) in [7, 11) is 0.453. The molecule has 1 saturated carbocycles. The van der Waals surface area contributed by atoms with Crippen LogP contribution in [0.2, 0.25) is 5.54 Å². The fraction of sp³-hybridized carbons (Fsp3) is 0.769. The lowest BCUT2D eigenvalue weighted by atomic mass is 10.0. The zero-order valence-corrected chi connectivity index (χ0v) is 13.1. The number of rotatable bonds is 7. The highest BCUT2D eigenvalue weighted by Gasteiger charge is 2.48. The topological polar surface area (TPSA) is 54.0 Å². The van der Waals surface area contributed by atoms with Crippen LogP contribution >= 0.6 is 0 Å². The molecule has 0 aromatic heterocycles. The predicted octanol–water partition coefficient (Wildman–Crippen LogP) is 2.65. The Morgan fingerprint density at radius 2 is 1.79 bits per heavy atom. The van der Waals surface area contributed by atoms with Crippen LogP contribution in [0.15, 0.2) is 12.2 Å². The van der Waals surface area contributed by atoms with Gasteiger partial charge in [-0.05, 0) is 19.8 Å². The van der Waals surface area contributed by atoms with Crippen molar-refractivity contribution in [1.29, 1.82) is 0 Å². The van der Waals surface area contributed by atoms with Crippen LogP contribution < -0.4 is 0 Å². The number of hydrogen-bond donors (Lipinski definition) is 0. The molecule has 0 unspecified atom stereocenters. The summed E-state index contributed by atoms with van der Waals surface area (Å²) in [5.74, 6) is -0.459. The number of carbonyl (C=O) groups excluding carboxylic acids is 1. The van der Waals surface area contributed by atoms with E-state index < -0.39 is 14.8 Å². The Balaban J connectivity index is 2.55. The fourth-order valence-electron chi connectivity index (χ4n) is 2.40. The van der Waals surface area contributed by atoms with Crippen LogP contribution in [0.1, 0.15) is 39.0 Å². The Hall–Kier alpha value is -0.693. The third kappa shape index (κ3) is 4.41. The van der Waals surface area contributed by atoms with Gasteiger partial charge in [0.2, 0.25) is 0 Å². The summed E-state index contributed by atoms with van der Waals surface area (Å²) in [5.41, 5.74) is 0.642. The van der Waals surface area contributed by atoms with Crippen molar-refractivity contribution in [3.8, 4) is 0 Å². The van der Waals surface area contributed by atoms with Gasteiger partial charge in [-0.25, -0.2) is 4.79 Å². The predicted molar refractivity (Wildman–Crippen MR) is 73.5 cm³/mol. The molecule has 0 aromatic rings. The third-order valence-electron chi connectivity index (χ3n) is 3.47. The van der Waals surface area contributed by atoms with E-state index >= 15 is 0 Å². The van der Waals surface area contributed by atoms with Crippen LogP contribution in [-0.4, -0.2) is 35.8 Å². The summed E-state index contributed by atoms with van der Waals surface area (Å²) >= 11 is 0. The first kappa shape index (κ1) is 16.4. The number of ether oxygens (including phenoxy) is 1. The summed E-state index contributed by atoms with van der Waals surface area (Å²) in [6.45, 7) is 4.97. The Bertz CT molecular complexity index is 308. The molecule has 110 valence electrons. The van der Waals surface area contributed by atoms with Gasteiger partial charge in [-0.2, -0.15) is 0 Å². The van der Waals surface area contributed by atoms with E-state index in [4.69, 9.17) is 18.0 Å². The molecule has 0 heterocycles. The van der Waals surface area contributed by atoms with E-state index in [-0.39, 0.29) is 6.79 Å². The minimum absolute atomic E-state index is 0.143. The molecular formula is C13H24O5Si. The van der Waals surface area contributed by atoms with Crippen molar-refractivity contribution in [2.24, 2.45) is 0 Å². The molecule has 1 rings (SSSR count). The summed E-state index contributed by atoms with van der Waals surface area (Å²) in [6, 6.07) is 0. The van der Waals surface area contributed by atoms with Crippen LogP contribution in [0.5, 0.6) is 0 Å². The lowest BCUT2D eigenvalue weighted by Crippen LogP contribution is -2.49. The van der Waals surface area contributed by atoms with Gasteiger partial charge < -0.3 is 18.0 Å². The first-order valence-electron chi connectivity index (χ1n) is 6.62. The molecule has 1 aliphatic rings. The lowest BCUT2D eigenvalue weighted by Gasteiger charge is -2.35. The quantitative estimate of drug-likeness (QED) is 0.312. The van der Waals surface area contributed by atoms with Gasteiger partial charge in [0.1, 0.15) is 0 Å². The molecule has 0 spiro atoms. The van der Waals surface area contributed by atoms with Gasteiger partial charge in [0.05, 0.1) is 0 Å². The molecule has 5 nitrogen and oxygen atoms in total. The van der Waals surface area contributed by atoms with E-state index in [1.165, 1.54) is 19.3 Å². The van der Waals surface area contributed by atoms with Gasteiger partial charge >= 0.3 is 14.8 Å². The van der Waals surface area contributed by atoms with Crippen molar-refractivity contribution < 1.29 is 22.8 Å². The normalized spacial score (nSPS) is 17.2. The maximum absolute atomic E-state index is 11.3. The van der Waals surface area contributed by atoms with Gasteiger partial charge in [0.15, 0.2) is 6.79 Å². The van der Waals surface area contributed by atoms with Gasteiger partial charge in [-0.1, -0.05) is 25.8 Å². The maximum Gasteiger partial charge on any atom is 0.506 e. The summed E-state index contributed by atoms with van der Waals surface area (Å²) < 4.78 is 21.8. The van der Waals surface area contributed by atoms with E-state index in [0.29, 0.717) is 11.1 Å². The van der Waals surface area contributed by atoms with E-state index in [2.05, 4.69) is 6.58 Å². The van der Waals surface area contributed by atoms with Crippen molar-refractivity contribution in [3.63, 3.8) is 0 Å². The smallest absolute Gasteiger partial charge is 0.436 e. The van der Waals surface area contributed by atoms with Crippen LogP contribution in [0.4, 0.5) is 0 Å². The van der Waals surface area contributed by atoms with E-state index in [1.54, 1.807) is 21.1 Å². The van der Waals surface area contributed by atoms with E-state index in [0.717, 1.165) is 12.8 Å². The van der Waals surface area contributed by atoms with Crippen molar-refractivity contribution in [3.05, 3.63) is 12.2 Å². The van der Waals surface area contributed by atoms with Gasteiger partial charge in [-0.3, -0.25) is 0 Å². The molecule has 0 saturated heterocycles. The Kier molecular flexibility index (Phi) is 6.71. The molecule has 0 aromatic carbocycles.